The van der Waals surface area contributed by atoms with Gasteiger partial charge in [-0.25, -0.2) is 0 Å². The Labute approximate surface area is 155 Å². The third-order valence-electron chi connectivity index (χ3n) is 5.16. The van der Waals surface area contributed by atoms with Crippen molar-refractivity contribution >= 4 is 11.9 Å². The predicted molar refractivity (Wildman–Crippen MR) is 94.7 cm³/mol. The molecule has 1 aromatic heterocycles. The number of nitrogens with one attached hydrogen (secondary N) is 1. The first-order valence-corrected chi connectivity index (χ1v) is 8.49. The average Bonchev–Trinajstić information content (AvgIpc) is 3.28. The molecule has 1 amide bonds. The van der Waals surface area contributed by atoms with E-state index in [-0.39, 0.29) is 12.3 Å². The van der Waals surface area contributed by atoms with Crippen LogP contribution in [0.5, 0.6) is 0 Å². The number of amides is 1. The fourth-order valence-corrected chi connectivity index (χ4v) is 3.88. The smallest absolute Gasteiger partial charge is 0.323 e. The van der Waals surface area contributed by atoms with E-state index in [1.54, 1.807) is 6.07 Å². The van der Waals surface area contributed by atoms with Gasteiger partial charge in [-0.1, -0.05) is 29.8 Å². The van der Waals surface area contributed by atoms with Crippen molar-refractivity contribution in [3.63, 3.8) is 0 Å². The zero-order valence-corrected chi connectivity index (χ0v) is 15.0. The molecular weight excluding hydrogens is 352 g/mol. The molecule has 3 atom stereocenters. The molecule has 1 N–H and O–H groups in total. The highest BCUT2D eigenvalue weighted by Gasteiger charge is 2.64. The molecule has 3 rings (SSSR count). The van der Waals surface area contributed by atoms with Gasteiger partial charge in [0.2, 0.25) is 12.5 Å². The van der Waals surface area contributed by atoms with E-state index in [0.29, 0.717) is 0 Å². The predicted octanol–water partition coefficient (Wildman–Crippen LogP) is 2.02. The van der Waals surface area contributed by atoms with Gasteiger partial charge >= 0.3 is 5.97 Å². The Morgan fingerprint density at radius 1 is 1.41 bits per heavy atom. The summed E-state index contributed by atoms with van der Waals surface area (Å²) in [7, 11) is 1.17. The SMILES string of the molecule is COC(=O)[C@]1([C@@H](C[N+](=O)[O-])c2ccco2)C(=O)NC[C@H]1c1ccc(C)cc1. The van der Waals surface area contributed by atoms with E-state index in [0.717, 1.165) is 11.1 Å². The summed E-state index contributed by atoms with van der Waals surface area (Å²) in [6.45, 7) is 1.46. The number of carbonyl (C=O) groups excluding carboxylic acids is 2. The van der Waals surface area contributed by atoms with Crippen molar-refractivity contribution < 1.29 is 23.7 Å². The van der Waals surface area contributed by atoms with Gasteiger partial charge in [0.25, 0.3) is 0 Å². The van der Waals surface area contributed by atoms with E-state index in [9.17, 15) is 19.7 Å². The monoisotopic (exact) mass is 372 g/mol. The molecule has 0 saturated carbocycles. The molecule has 142 valence electrons. The lowest BCUT2D eigenvalue weighted by molar-refractivity contribution is -0.486. The van der Waals surface area contributed by atoms with Gasteiger partial charge in [0.1, 0.15) is 11.7 Å². The third kappa shape index (κ3) is 3.07. The molecule has 0 aliphatic carbocycles. The quantitative estimate of drug-likeness (QED) is 0.359. The summed E-state index contributed by atoms with van der Waals surface area (Å²) in [5.41, 5.74) is -0.0496. The summed E-state index contributed by atoms with van der Waals surface area (Å²) >= 11 is 0. The van der Waals surface area contributed by atoms with Crippen molar-refractivity contribution in [2.45, 2.75) is 18.8 Å². The Morgan fingerprint density at radius 3 is 2.67 bits per heavy atom. The van der Waals surface area contributed by atoms with E-state index in [4.69, 9.17) is 9.15 Å². The van der Waals surface area contributed by atoms with E-state index in [1.807, 2.05) is 31.2 Å². The standard InChI is InChI=1S/C19H20N2O6/c1-12-5-7-13(8-6-12)14-10-20-17(22)19(14,18(23)26-2)15(11-21(24)25)16-4-3-9-27-16/h3-9,14-15H,10-11H2,1-2H3,(H,20,22)/t14-,15-,19+/m0/s1. The zero-order valence-electron chi connectivity index (χ0n) is 15.0. The number of carbonyl (C=O) groups is 2. The number of rotatable bonds is 6. The van der Waals surface area contributed by atoms with E-state index in [2.05, 4.69) is 5.32 Å². The molecule has 8 heteroatoms. The fourth-order valence-electron chi connectivity index (χ4n) is 3.88. The first-order valence-electron chi connectivity index (χ1n) is 8.49. The molecule has 1 aliphatic rings. The molecule has 8 nitrogen and oxygen atoms in total. The largest absolute Gasteiger partial charge is 0.469 e. The maximum absolute atomic E-state index is 13.0. The molecular formula is C19H20N2O6. The number of esters is 1. The second kappa shape index (κ2) is 7.22. The molecule has 27 heavy (non-hydrogen) atoms. The lowest BCUT2D eigenvalue weighted by Crippen LogP contribution is -2.49. The molecule has 1 fully saturated rings. The van der Waals surface area contributed by atoms with Crippen molar-refractivity contribution in [3.05, 3.63) is 69.7 Å². The van der Waals surface area contributed by atoms with Crippen molar-refractivity contribution in [2.24, 2.45) is 5.41 Å². The molecule has 0 spiro atoms. The average molecular weight is 372 g/mol. The Hall–Kier alpha value is -3.16. The second-order valence-electron chi connectivity index (χ2n) is 6.62. The van der Waals surface area contributed by atoms with Gasteiger partial charge in [-0.15, -0.1) is 0 Å². The zero-order chi connectivity index (χ0) is 19.6. The van der Waals surface area contributed by atoms with Crippen molar-refractivity contribution in [2.75, 3.05) is 20.2 Å². The van der Waals surface area contributed by atoms with Gasteiger partial charge < -0.3 is 14.5 Å². The number of aryl methyl sites for hydroxylation is 1. The molecule has 0 bridgehead atoms. The van der Waals surface area contributed by atoms with Crippen molar-refractivity contribution in [1.29, 1.82) is 0 Å². The molecule has 2 heterocycles. The minimum atomic E-state index is -1.80. The molecule has 1 saturated heterocycles. The topological polar surface area (TPSA) is 112 Å². The third-order valence-corrected chi connectivity index (χ3v) is 5.16. The number of ether oxygens (including phenoxy) is 1. The summed E-state index contributed by atoms with van der Waals surface area (Å²) in [4.78, 5) is 36.8. The lowest BCUT2D eigenvalue weighted by Gasteiger charge is -2.34. The number of furan rings is 1. The van der Waals surface area contributed by atoms with Crippen LogP contribution < -0.4 is 5.32 Å². The summed E-state index contributed by atoms with van der Waals surface area (Å²) in [5.74, 6) is -2.95. The first kappa shape index (κ1) is 18.6. The van der Waals surface area contributed by atoms with Crippen LogP contribution in [0.4, 0.5) is 0 Å². The Kier molecular flexibility index (Phi) is 4.98. The highest BCUT2D eigenvalue weighted by atomic mass is 16.6. The molecule has 0 unspecified atom stereocenters. The summed E-state index contributed by atoms with van der Waals surface area (Å²) in [5, 5.41) is 14.1. The van der Waals surface area contributed by atoms with Gasteiger partial charge in [-0.2, -0.15) is 0 Å². The van der Waals surface area contributed by atoms with Gasteiger partial charge in [0.05, 0.1) is 13.4 Å². The molecule has 1 aromatic carbocycles. The molecule has 1 aliphatic heterocycles. The van der Waals surface area contributed by atoms with Crippen LogP contribution in [0.2, 0.25) is 0 Å². The van der Waals surface area contributed by atoms with Gasteiger partial charge in [0, 0.05) is 17.4 Å². The van der Waals surface area contributed by atoms with E-state index >= 15 is 0 Å². The Bertz CT molecular complexity index is 846. The number of hydrogen-bond donors (Lipinski definition) is 1. The van der Waals surface area contributed by atoms with Crippen LogP contribution in [0, 0.1) is 22.5 Å². The minimum Gasteiger partial charge on any atom is -0.469 e. The van der Waals surface area contributed by atoms with Gasteiger partial charge in [-0.05, 0) is 24.6 Å². The van der Waals surface area contributed by atoms with Crippen LogP contribution in [-0.4, -0.2) is 37.0 Å². The number of hydrogen-bond acceptors (Lipinski definition) is 6. The summed E-state index contributed by atoms with van der Waals surface area (Å²) in [6, 6.07) is 10.5. The Balaban J connectivity index is 2.21. The second-order valence-corrected chi connectivity index (χ2v) is 6.62. The highest BCUT2D eigenvalue weighted by Crippen LogP contribution is 2.51. The number of benzene rings is 1. The van der Waals surface area contributed by atoms with Crippen LogP contribution in [0.1, 0.15) is 28.7 Å². The van der Waals surface area contributed by atoms with Crippen molar-refractivity contribution in [3.8, 4) is 0 Å². The normalized spacial score (nSPS) is 22.9. The van der Waals surface area contributed by atoms with Crippen LogP contribution in [0.15, 0.2) is 47.1 Å². The fraction of sp³-hybridized carbons (Fsp3) is 0.368. The van der Waals surface area contributed by atoms with Crippen LogP contribution >= 0.6 is 0 Å². The summed E-state index contributed by atoms with van der Waals surface area (Å²) in [6.07, 6.45) is 1.36. The number of methoxy groups -OCH3 is 1. The van der Waals surface area contributed by atoms with Crippen LogP contribution in [0.3, 0.4) is 0 Å². The minimum absolute atomic E-state index is 0.173. The molecule has 0 radical (unpaired) electrons. The van der Waals surface area contributed by atoms with Gasteiger partial charge in [-0.3, -0.25) is 19.7 Å². The Morgan fingerprint density at radius 2 is 2.11 bits per heavy atom. The lowest BCUT2D eigenvalue weighted by atomic mass is 9.64. The summed E-state index contributed by atoms with van der Waals surface area (Å²) < 4.78 is 10.4. The van der Waals surface area contributed by atoms with Gasteiger partial charge in [0.15, 0.2) is 5.41 Å². The van der Waals surface area contributed by atoms with Crippen LogP contribution in [0.25, 0.3) is 0 Å². The van der Waals surface area contributed by atoms with E-state index < -0.39 is 40.6 Å². The number of nitrogens with zero attached hydrogens (tertiary/aromatic N) is 1. The molecule has 2 aromatic rings. The maximum atomic E-state index is 13.0. The first-order chi connectivity index (χ1) is 12.9. The maximum Gasteiger partial charge on any atom is 0.323 e. The van der Waals surface area contributed by atoms with Crippen molar-refractivity contribution in [1.82, 2.24) is 5.32 Å². The van der Waals surface area contributed by atoms with Crippen LogP contribution in [-0.2, 0) is 14.3 Å². The van der Waals surface area contributed by atoms with E-state index in [1.165, 1.54) is 19.4 Å². The number of nitro groups is 1. The highest BCUT2D eigenvalue weighted by molar-refractivity contribution is 6.06.